The average Bonchev–Trinajstić information content (AvgIpc) is 2.26. The fourth-order valence-corrected chi connectivity index (χ4v) is 2.09. The molecule has 0 atom stereocenters. The quantitative estimate of drug-likeness (QED) is 0.837. The molecule has 92 valence electrons. The molecule has 1 heterocycles. The molecule has 0 unspecified atom stereocenters. The summed E-state index contributed by atoms with van der Waals surface area (Å²) in [6.45, 7) is 4.11. The van der Waals surface area contributed by atoms with Gasteiger partial charge in [0.05, 0.1) is 18.8 Å². The molecule has 0 radical (unpaired) electrons. The third kappa shape index (κ3) is 2.79. The Morgan fingerprint density at radius 3 is 2.88 bits per heavy atom. The summed E-state index contributed by atoms with van der Waals surface area (Å²) >= 11 is 3.34. The average molecular weight is 299 g/mol. The molecule has 17 heavy (non-hydrogen) atoms. The Bertz CT molecular complexity index is 444. The molecule has 0 aliphatic carbocycles. The highest BCUT2D eigenvalue weighted by Gasteiger charge is 2.33. The maximum atomic E-state index is 12.0. The number of halogens is 1. The molecule has 1 aliphatic heterocycles. The van der Waals surface area contributed by atoms with Gasteiger partial charge in [0.25, 0.3) is 5.91 Å². The van der Waals surface area contributed by atoms with Crippen LogP contribution in [0.3, 0.4) is 0 Å². The van der Waals surface area contributed by atoms with Gasteiger partial charge in [-0.25, -0.2) is 0 Å². The van der Waals surface area contributed by atoms with Gasteiger partial charge in [0.1, 0.15) is 0 Å². The van der Waals surface area contributed by atoms with Crippen LogP contribution in [-0.4, -0.2) is 25.7 Å². The van der Waals surface area contributed by atoms with Gasteiger partial charge < -0.3 is 15.8 Å². The number of carbonyl (C=O) groups excluding carboxylic acids is 1. The highest BCUT2D eigenvalue weighted by molar-refractivity contribution is 9.10. The Labute approximate surface area is 109 Å². The van der Waals surface area contributed by atoms with Gasteiger partial charge in [-0.05, 0) is 34.1 Å². The fourth-order valence-electron chi connectivity index (χ4n) is 1.66. The second-order valence-electron chi connectivity index (χ2n) is 4.73. The van der Waals surface area contributed by atoms with Crippen LogP contribution in [-0.2, 0) is 4.74 Å². The second-order valence-corrected chi connectivity index (χ2v) is 5.58. The molecule has 2 rings (SSSR count). The maximum Gasteiger partial charge on any atom is 0.252 e. The van der Waals surface area contributed by atoms with Crippen LogP contribution in [0.2, 0.25) is 0 Å². The molecule has 0 aromatic heterocycles. The Kier molecular flexibility index (Phi) is 3.40. The van der Waals surface area contributed by atoms with Crippen molar-refractivity contribution in [3.05, 3.63) is 28.2 Å². The summed E-state index contributed by atoms with van der Waals surface area (Å²) < 4.78 is 5.89. The zero-order chi connectivity index (χ0) is 12.5. The summed E-state index contributed by atoms with van der Waals surface area (Å²) in [5, 5.41) is 2.90. The molecule has 1 aromatic rings. The number of ether oxygens (including phenoxy) is 1. The lowest BCUT2D eigenvalue weighted by molar-refractivity contribution is -0.0978. The number of rotatable bonds is 3. The lowest BCUT2D eigenvalue weighted by Gasteiger charge is -2.38. The Morgan fingerprint density at radius 2 is 2.29 bits per heavy atom. The van der Waals surface area contributed by atoms with Crippen molar-refractivity contribution in [2.45, 2.75) is 6.92 Å². The van der Waals surface area contributed by atoms with Gasteiger partial charge in [0.2, 0.25) is 0 Å². The Balaban J connectivity index is 2.01. The number of anilines is 1. The molecular formula is C12H15BrN2O2. The standard InChI is InChI=1S/C12H15BrN2O2/c1-12(6-17-7-12)5-15-11(16)9-4-8(14)2-3-10(9)13/h2-4H,5-7,14H2,1H3,(H,15,16). The number of nitrogen functional groups attached to an aromatic ring is 1. The van der Waals surface area contributed by atoms with E-state index in [9.17, 15) is 4.79 Å². The lowest BCUT2D eigenvalue weighted by Crippen LogP contribution is -2.48. The van der Waals surface area contributed by atoms with E-state index in [1.54, 1.807) is 18.2 Å². The molecular weight excluding hydrogens is 284 g/mol. The second kappa shape index (κ2) is 4.66. The van der Waals surface area contributed by atoms with E-state index < -0.39 is 0 Å². The molecule has 0 saturated carbocycles. The van der Waals surface area contributed by atoms with Crippen molar-refractivity contribution in [1.82, 2.24) is 5.32 Å². The van der Waals surface area contributed by atoms with Gasteiger partial charge in [-0.3, -0.25) is 4.79 Å². The van der Waals surface area contributed by atoms with E-state index in [0.717, 1.165) is 4.47 Å². The highest BCUT2D eigenvalue weighted by Crippen LogP contribution is 2.25. The number of nitrogens with two attached hydrogens (primary N) is 1. The van der Waals surface area contributed by atoms with Gasteiger partial charge in [-0.1, -0.05) is 6.92 Å². The van der Waals surface area contributed by atoms with Gasteiger partial charge in [0, 0.05) is 22.1 Å². The van der Waals surface area contributed by atoms with Crippen LogP contribution in [0, 0.1) is 5.41 Å². The molecule has 0 bridgehead atoms. The number of amides is 1. The molecule has 1 aliphatic rings. The predicted octanol–water partition coefficient (Wildman–Crippen LogP) is 1.80. The zero-order valence-electron chi connectivity index (χ0n) is 9.63. The van der Waals surface area contributed by atoms with Crippen molar-refractivity contribution in [2.24, 2.45) is 5.41 Å². The fraction of sp³-hybridized carbons (Fsp3) is 0.417. The lowest BCUT2D eigenvalue weighted by atomic mass is 9.88. The topological polar surface area (TPSA) is 64.4 Å². The van der Waals surface area contributed by atoms with E-state index in [1.165, 1.54) is 0 Å². The summed E-state index contributed by atoms with van der Waals surface area (Å²) in [4.78, 5) is 12.0. The van der Waals surface area contributed by atoms with Crippen molar-refractivity contribution in [1.29, 1.82) is 0 Å². The summed E-state index contributed by atoms with van der Waals surface area (Å²) in [7, 11) is 0. The third-order valence-electron chi connectivity index (χ3n) is 2.81. The van der Waals surface area contributed by atoms with Crippen molar-refractivity contribution in [2.75, 3.05) is 25.5 Å². The Hall–Kier alpha value is -1.07. The minimum absolute atomic E-state index is 0.0719. The number of carbonyl (C=O) groups is 1. The molecule has 5 heteroatoms. The molecule has 1 aromatic carbocycles. The Morgan fingerprint density at radius 1 is 1.59 bits per heavy atom. The maximum absolute atomic E-state index is 12.0. The monoisotopic (exact) mass is 298 g/mol. The van der Waals surface area contributed by atoms with Crippen LogP contribution in [0.25, 0.3) is 0 Å². The first-order valence-electron chi connectivity index (χ1n) is 5.41. The third-order valence-corrected chi connectivity index (χ3v) is 3.50. The molecule has 1 amide bonds. The minimum atomic E-state index is -0.114. The first-order chi connectivity index (χ1) is 8.00. The minimum Gasteiger partial charge on any atom is -0.399 e. The SMILES string of the molecule is CC1(CNC(=O)c2cc(N)ccc2Br)COC1. The van der Waals surface area contributed by atoms with Crippen LogP contribution >= 0.6 is 15.9 Å². The summed E-state index contributed by atoms with van der Waals surface area (Å²) in [6, 6.07) is 5.19. The summed E-state index contributed by atoms with van der Waals surface area (Å²) in [5.41, 5.74) is 6.88. The highest BCUT2D eigenvalue weighted by atomic mass is 79.9. The van der Waals surface area contributed by atoms with Gasteiger partial charge in [-0.15, -0.1) is 0 Å². The van der Waals surface area contributed by atoms with Crippen molar-refractivity contribution >= 4 is 27.5 Å². The van der Waals surface area contributed by atoms with E-state index in [-0.39, 0.29) is 11.3 Å². The number of hydrogen-bond donors (Lipinski definition) is 2. The first-order valence-corrected chi connectivity index (χ1v) is 6.20. The number of nitrogens with one attached hydrogen (secondary N) is 1. The van der Waals surface area contributed by atoms with Crippen LogP contribution in [0.1, 0.15) is 17.3 Å². The largest absolute Gasteiger partial charge is 0.399 e. The van der Waals surface area contributed by atoms with Gasteiger partial charge in [-0.2, -0.15) is 0 Å². The predicted molar refractivity (Wildman–Crippen MR) is 69.8 cm³/mol. The van der Waals surface area contributed by atoms with Crippen LogP contribution in [0.15, 0.2) is 22.7 Å². The van der Waals surface area contributed by atoms with Crippen LogP contribution in [0.4, 0.5) is 5.69 Å². The number of hydrogen-bond acceptors (Lipinski definition) is 3. The zero-order valence-corrected chi connectivity index (χ0v) is 11.2. The first kappa shape index (κ1) is 12.4. The van der Waals surface area contributed by atoms with Crippen molar-refractivity contribution in [3.8, 4) is 0 Å². The van der Waals surface area contributed by atoms with E-state index in [1.807, 2.05) is 0 Å². The smallest absolute Gasteiger partial charge is 0.252 e. The molecule has 1 saturated heterocycles. The molecule has 0 spiro atoms. The van der Waals surface area contributed by atoms with E-state index >= 15 is 0 Å². The normalized spacial score (nSPS) is 17.3. The van der Waals surface area contributed by atoms with E-state index in [0.29, 0.717) is 31.0 Å². The van der Waals surface area contributed by atoms with Crippen molar-refractivity contribution < 1.29 is 9.53 Å². The van der Waals surface area contributed by atoms with Crippen molar-refractivity contribution in [3.63, 3.8) is 0 Å². The van der Waals surface area contributed by atoms with Gasteiger partial charge in [0.15, 0.2) is 0 Å². The molecule has 4 nitrogen and oxygen atoms in total. The number of benzene rings is 1. The van der Waals surface area contributed by atoms with Crippen LogP contribution < -0.4 is 11.1 Å². The molecule has 1 fully saturated rings. The van der Waals surface area contributed by atoms with E-state index in [2.05, 4.69) is 28.2 Å². The molecule has 3 N–H and O–H groups in total. The van der Waals surface area contributed by atoms with Crippen LogP contribution in [0.5, 0.6) is 0 Å². The van der Waals surface area contributed by atoms with E-state index in [4.69, 9.17) is 10.5 Å². The van der Waals surface area contributed by atoms with Gasteiger partial charge >= 0.3 is 0 Å². The summed E-state index contributed by atoms with van der Waals surface area (Å²) in [5.74, 6) is -0.114. The summed E-state index contributed by atoms with van der Waals surface area (Å²) in [6.07, 6.45) is 0.